The Bertz CT molecular complexity index is 400. The molecule has 112 valence electrons. The van der Waals surface area contributed by atoms with Crippen molar-refractivity contribution in [1.82, 2.24) is 15.5 Å². The molecule has 1 aliphatic carbocycles. The Morgan fingerprint density at radius 3 is 2.70 bits per heavy atom. The standard InChI is InChI=1S/C15H25N3O2/c1-15(7-3-8-16-10-15)14(20)18-9-2-4-12(18)13(19)17-11-5-6-11/h11-12,16H,2-10H2,1H3,(H,17,19). The van der Waals surface area contributed by atoms with Crippen LogP contribution in [0.15, 0.2) is 0 Å². The van der Waals surface area contributed by atoms with Crippen LogP contribution < -0.4 is 10.6 Å². The molecule has 0 spiro atoms. The van der Waals surface area contributed by atoms with Crippen LogP contribution in [0.4, 0.5) is 0 Å². The van der Waals surface area contributed by atoms with Gasteiger partial charge in [0.25, 0.3) is 0 Å². The number of carbonyl (C=O) groups excluding carboxylic acids is 2. The van der Waals surface area contributed by atoms with Crippen molar-refractivity contribution in [1.29, 1.82) is 0 Å². The Kier molecular flexibility index (Phi) is 3.71. The van der Waals surface area contributed by atoms with Gasteiger partial charge in [0.15, 0.2) is 0 Å². The number of likely N-dealkylation sites (tertiary alicyclic amines) is 1. The molecule has 1 saturated carbocycles. The molecule has 0 bridgehead atoms. The topological polar surface area (TPSA) is 61.4 Å². The van der Waals surface area contributed by atoms with E-state index in [1.54, 1.807) is 0 Å². The monoisotopic (exact) mass is 279 g/mol. The molecule has 3 fully saturated rings. The lowest BCUT2D eigenvalue weighted by Gasteiger charge is -2.37. The number of nitrogens with one attached hydrogen (secondary N) is 2. The molecule has 3 rings (SSSR count). The van der Waals surface area contributed by atoms with Crippen LogP contribution in [0.25, 0.3) is 0 Å². The van der Waals surface area contributed by atoms with E-state index in [9.17, 15) is 9.59 Å². The van der Waals surface area contributed by atoms with E-state index in [2.05, 4.69) is 10.6 Å². The number of carbonyl (C=O) groups is 2. The van der Waals surface area contributed by atoms with E-state index in [4.69, 9.17) is 0 Å². The van der Waals surface area contributed by atoms with Crippen molar-refractivity contribution in [3.8, 4) is 0 Å². The van der Waals surface area contributed by atoms with Crippen LogP contribution >= 0.6 is 0 Å². The molecular weight excluding hydrogens is 254 g/mol. The predicted octanol–water partition coefficient (Wildman–Crippen LogP) is 0.646. The van der Waals surface area contributed by atoms with Gasteiger partial charge in [-0.3, -0.25) is 9.59 Å². The molecule has 0 aromatic heterocycles. The minimum Gasteiger partial charge on any atom is -0.352 e. The van der Waals surface area contributed by atoms with Crippen molar-refractivity contribution in [3.05, 3.63) is 0 Å². The van der Waals surface area contributed by atoms with Gasteiger partial charge in [-0.2, -0.15) is 0 Å². The molecule has 2 saturated heterocycles. The van der Waals surface area contributed by atoms with Crippen LogP contribution in [0.2, 0.25) is 0 Å². The first-order valence-electron chi connectivity index (χ1n) is 7.92. The summed E-state index contributed by atoms with van der Waals surface area (Å²) in [6.07, 6.45) is 5.90. The van der Waals surface area contributed by atoms with Gasteiger partial charge in [0.2, 0.25) is 11.8 Å². The number of hydrogen-bond acceptors (Lipinski definition) is 3. The van der Waals surface area contributed by atoms with Crippen LogP contribution in [0.5, 0.6) is 0 Å². The lowest BCUT2D eigenvalue weighted by molar-refractivity contribution is -0.147. The van der Waals surface area contributed by atoms with E-state index in [1.165, 1.54) is 0 Å². The number of piperidine rings is 1. The second-order valence-corrected chi connectivity index (χ2v) is 6.78. The summed E-state index contributed by atoms with van der Waals surface area (Å²) in [5, 5.41) is 6.37. The molecule has 3 aliphatic rings. The molecular formula is C15H25N3O2. The molecule has 2 N–H and O–H groups in total. The summed E-state index contributed by atoms with van der Waals surface area (Å²) in [6.45, 7) is 4.50. The highest BCUT2D eigenvalue weighted by atomic mass is 16.2. The Morgan fingerprint density at radius 1 is 1.25 bits per heavy atom. The molecule has 2 aliphatic heterocycles. The lowest BCUT2D eigenvalue weighted by Crippen LogP contribution is -2.54. The minimum atomic E-state index is -0.333. The first-order valence-corrected chi connectivity index (χ1v) is 7.92. The summed E-state index contributed by atoms with van der Waals surface area (Å²) in [5.41, 5.74) is -0.333. The average Bonchev–Trinajstić information content (AvgIpc) is 3.11. The van der Waals surface area contributed by atoms with Gasteiger partial charge in [-0.1, -0.05) is 0 Å². The van der Waals surface area contributed by atoms with Gasteiger partial charge in [-0.15, -0.1) is 0 Å². The summed E-state index contributed by atoms with van der Waals surface area (Å²) >= 11 is 0. The molecule has 0 radical (unpaired) electrons. The van der Waals surface area contributed by atoms with Crippen molar-refractivity contribution in [2.24, 2.45) is 5.41 Å². The van der Waals surface area contributed by atoms with Crippen molar-refractivity contribution < 1.29 is 9.59 Å². The zero-order valence-corrected chi connectivity index (χ0v) is 12.3. The summed E-state index contributed by atoms with van der Waals surface area (Å²) < 4.78 is 0. The molecule has 2 atom stereocenters. The first-order chi connectivity index (χ1) is 9.60. The van der Waals surface area contributed by atoms with Crippen molar-refractivity contribution >= 4 is 11.8 Å². The second kappa shape index (κ2) is 5.35. The number of rotatable bonds is 3. The van der Waals surface area contributed by atoms with Crippen LogP contribution in [-0.4, -0.2) is 48.4 Å². The fourth-order valence-corrected chi connectivity index (χ4v) is 3.39. The molecule has 2 unspecified atom stereocenters. The highest BCUT2D eigenvalue weighted by Crippen LogP contribution is 2.32. The normalized spacial score (nSPS) is 34.0. The third kappa shape index (κ3) is 2.68. The van der Waals surface area contributed by atoms with E-state index >= 15 is 0 Å². The van der Waals surface area contributed by atoms with Gasteiger partial charge in [0, 0.05) is 19.1 Å². The number of nitrogens with zero attached hydrogens (tertiary/aromatic N) is 1. The van der Waals surface area contributed by atoms with Crippen LogP contribution in [-0.2, 0) is 9.59 Å². The van der Waals surface area contributed by atoms with Crippen LogP contribution in [0.3, 0.4) is 0 Å². The number of hydrogen-bond donors (Lipinski definition) is 2. The van der Waals surface area contributed by atoms with Crippen molar-refractivity contribution in [2.75, 3.05) is 19.6 Å². The van der Waals surface area contributed by atoms with E-state index < -0.39 is 0 Å². The second-order valence-electron chi connectivity index (χ2n) is 6.78. The van der Waals surface area contributed by atoms with Gasteiger partial charge in [-0.05, 0) is 52.0 Å². The average molecular weight is 279 g/mol. The molecule has 5 nitrogen and oxygen atoms in total. The molecule has 2 amide bonds. The maximum absolute atomic E-state index is 12.8. The summed E-state index contributed by atoms with van der Waals surface area (Å²) in [6, 6.07) is 0.133. The quantitative estimate of drug-likeness (QED) is 0.797. The van der Waals surface area contributed by atoms with E-state index in [-0.39, 0.29) is 23.3 Å². The van der Waals surface area contributed by atoms with Gasteiger partial charge >= 0.3 is 0 Å². The maximum atomic E-state index is 12.8. The van der Waals surface area contributed by atoms with E-state index in [0.29, 0.717) is 6.04 Å². The molecule has 5 heteroatoms. The third-order valence-corrected chi connectivity index (χ3v) is 4.85. The molecule has 0 aromatic rings. The minimum absolute atomic E-state index is 0.0609. The van der Waals surface area contributed by atoms with Crippen LogP contribution in [0.1, 0.15) is 45.4 Å². The SMILES string of the molecule is CC1(C(=O)N2CCCC2C(=O)NC2CC2)CCCNC1. The Labute approximate surface area is 120 Å². The van der Waals surface area contributed by atoms with Gasteiger partial charge in [0.05, 0.1) is 5.41 Å². The summed E-state index contributed by atoms with van der Waals surface area (Å²) in [5.74, 6) is 0.226. The first kappa shape index (κ1) is 13.9. The Morgan fingerprint density at radius 2 is 2.05 bits per heavy atom. The highest BCUT2D eigenvalue weighted by molar-refractivity contribution is 5.91. The van der Waals surface area contributed by atoms with Gasteiger partial charge < -0.3 is 15.5 Å². The van der Waals surface area contributed by atoms with Gasteiger partial charge in [0.1, 0.15) is 6.04 Å². The molecule has 0 aromatic carbocycles. The smallest absolute Gasteiger partial charge is 0.243 e. The van der Waals surface area contributed by atoms with E-state index in [0.717, 1.165) is 58.2 Å². The van der Waals surface area contributed by atoms with Crippen molar-refractivity contribution in [2.45, 2.75) is 57.5 Å². The number of amides is 2. The predicted molar refractivity (Wildman–Crippen MR) is 76.1 cm³/mol. The zero-order valence-electron chi connectivity index (χ0n) is 12.3. The van der Waals surface area contributed by atoms with Crippen molar-refractivity contribution in [3.63, 3.8) is 0 Å². The Hall–Kier alpha value is -1.10. The fourth-order valence-electron chi connectivity index (χ4n) is 3.39. The summed E-state index contributed by atoms with van der Waals surface area (Å²) in [7, 11) is 0. The maximum Gasteiger partial charge on any atom is 0.243 e. The highest BCUT2D eigenvalue weighted by Gasteiger charge is 2.44. The summed E-state index contributed by atoms with van der Waals surface area (Å²) in [4.78, 5) is 27.0. The lowest BCUT2D eigenvalue weighted by atomic mass is 9.81. The zero-order chi connectivity index (χ0) is 14.2. The van der Waals surface area contributed by atoms with E-state index in [1.807, 2.05) is 11.8 Å². The Balaban J connectivity index is 1.67. The van der Waals surface area contributed by atoms with Gasteiger partial charge in [-0.25, -0.2) is 0 Å². The molecule has 2 heterocycles. The largest absolute Gasteiger partial charge is 0.352 e. The fraction of sp³-hybridized carbons (Fsp3) is 0.867. The van der Waals surface area contributed by atoms with Crippen LogP contribution in [0, 0.1) is 5.41 Å². The molecule has 20 heavy (non-hydrogen) atoms. The third-order valence-electron chi connectivity index (χ3n) is 4.85.